The van der Waals surface area contributed by atoms with Crippen molar-refractivity contribution in [1.82, 2.24) is 4.98 Å². The molecule has 0 atom stereocenters. The lowest BCUT2D eigenvalue weighted by Crippen LogP contribution is -1.91. The number of pyridine rings is 1. The molecule has 0 aliphatic carbocycles. The summed E-state index contributed by atoms with van der Waals surface area (Å²) in [7, 11) is 0. The molecule has 0 saturated heterocycles. The predicted molar refractivity (Wildman–Crippen MR) is 41.9 cm³/mol. The minimum Gasteiger partial charge on any atom is -0.361 e. The third-order valence-electron chi connectivity index (χ3n) is 1.38. The molecule has 0 radical (unpaired) electrons. The number of aromatic nitrogens is 1. The Morgan fingerprint density at radius 2 is 2.42 bits per heavy atom. The van der Waals surface area contributed by atoms with Crippen LogP contribution in [0.25, 0.3) is 4.85 Å². The summed E-state index contributed by atoms with van der Waals surface area (Å²) in [5, 5.41) is 10.3. The molecule has 12 heavy (non-hydrogen) atoms. The fraction of sp³-hybridized carbons (Fsp3) is 0.143. The van der Waals surface area contributed by atoms with Crippen LogP contribution in [0.1, 0.15) is 5.56 Å². The second kappa shape index (κ2) is 2.96. The molecule has 0 fully saturated rings. The summed E-state index contributed by atoms with van der Waals surface area (Å²) in [6, 6.07) is 1.39. The van der Waals surface area contributed by atoms with E-state index in [0.29, 0.717) is 5.56 Å². The van der Waals surface area contributed by atoms with Crippen molar-refractivity contribution in [3.05, 3.63) is 39.4 Å². The van der Waals surface area contributed by atoms with Crippen molar-refractivity contribution in [1.29, 1.82) is 0 Å². The Bertz CT molecular complexity index is 367. The zero-order valence-corrected chi connectivity index (χ0v) is 6.31. The molecule has 0 unspecified atom stereocenters. The van der Waals surface area contributed by atoms with E-state index >= 15 is 0 Å². The Morgan fingerprint density at radius 3 is 2.83 bits per heavy atom. The highest BCUT2D eigenvalue weighted by Gasteiger charge is 2.12. The molecule has 0 saturated carbocycles. The molecule has 0 spiro atoms. The second-order valence-corrected chi connectivity index (χ2v) is 2.20. The highest BCUT2D eigenvalue weighted by molar-refractivity contribution is 5.47. The Kier molecular flexibility index (Phi) is 2.01. The van der Waals surface area contributed by atoms with Crippen molar-refractivity contribution in [3.8, 4) is 0 Å². The molecule has 1 aromatic heterocycles. The van der Waals surface area contributed by atoms with Gasteiger partial charge in [0, 0.05) is 5.56 Å². The quantitative estimate of drug-likeness (QED) is 0.360. The number of rotatable bonds is 1. The summed E-state index contributed by atoms with van der Waals surface area (Å²) in [6.45, 7) is 8.19. The van der Waals surface area contributed by atoms with Gasteiger partial charge in [0.15, 0.2) is 6.20 Å². The molecule has 0 bridgehead atoms. The lowest BCUT2D eigenvalue weighted by Gasteiger charge is -1.93. The van der Waals surface area contributed by atoms with Crippen LogP contribution in [0.3, 0.4) is 0 Å². The third kappa shape index (κ3) is 1.37. The number of hydrogen-bond donors (Lipinski definition) is 0. The average molecular weight is 163 g/mol. The number of nitro groups is 1. The van der Waals surface area contributed by atoms with E-state index in [1.165, 1.54) is 6.07 Å². The Balaban J connectivity index is 3.23. The van der Waals surface area contributed by atoms with E-state index in [1.54, 1.807) is 6.92 Å². The Morgan fingerprint density at radius 1 is 1.75 bits per heavy atom. The van der Waals surface area contributed by atoms with Gasteiger partial charge in [-0.25, -0.2) is 0 Å². The van der Waals surface area contributed by atoms with Crippen LogP contribution in [-0.4, -0.2) is 9.91 Å². The van der Waals surface area contributed by atoms with Gasteiger partial charge in [0.1, 0.15) is 0 Å². The maximum absolute atomic E-state index is 10.3. The molecular formula is C7H5N3O2. The van der Waals surface area contributed by atoms with Crippen molar-refractivity contribution in [2.24, 2.45) is 0 Å². The molecular weight excluding hydrogens is 158 g/mol. The topological polar surface area (TPSA) is 60.4 Å². The monoisotopic (exact) mass is 163 g/mol. The molecule has 1 heterocycles. The summed E-state index contributed by atoms with van der Waals surface area (Å²) in [6.07, 6.45) is 1.10. The first-order chi connectivity index (χ1) is 5.65. The smallest absolute Gasteiger partial charge is 0.312 e. The molecule has 60 valence electrons. The predicted octanol–water partition coefficient (Wildman–Crippen LogP) is 1.85. The van der Waals surface area contributed by atoms with E-state index in [9.17, 15) is 10.1 Å². The SMILES string of the molecule is [C-]#[N+]c1cc(C)c([N+](=O)[O-])cn1. The molecule has 0 aromatic carbocycles. The van der Waals surface area contributed by atoms with Gasteiger partial charge in [0.2, 0.25) is 0 Å². The maximum Gasteiger partial charge on any atom is 0.312 e. The highest BCUT2D eigenvalue weighted by atomic mass is 16.6. The summed E-state index contributed by atoms with van der Waals surface area (Å²) in [4.78, 5) is 16.4. The largest absolute Gasteiger partial charge is 0.361 e. The van der Waals surface area contributed by atoms with E-state index in [1.807, 2.05) is 0 Å². The van der Waals surface area contributed by atoms with Crippen molar-refractivity contribution >= 4 is 11.5 Å². The average Bonchev–Trinajstić information content (AvgIpc) is 2.03. The first-order valence-corrected chi connectivity index (χ1v) is 3.13. The number of hydrogen-bond acceptors (Lipinski definition) is 3. The van der Waals surface area contributed by atoms with Gasteiger partial charge in [-0.15, -0.1) is 4.98 Å². The van der Waals surface area contributed by atoms with Crippen LogP contribution in [0.15, 0.2) is 12.3 Å². The van der Waals surface area contributed by atoms with Crippen LogP contribution in [0, 0.1) is 23.6 Å². The summed E-state index contributed by atoms with van der Waals surface area (Å²) in [5.41, 5.74) is 0.406. The standard InChI is InChI=1S/C7H5N3O2/c1-5-3-7(8-2)9-4-6(5)10(11)12/h3-4H,1H3. The molecule has 0 amide bonds. The third-order valence-corrected chi connectivity index (χ3v) is 1.38. The molecule has 5 nitrogen and oxygen atoms in total. The lowest BCUT2D eigenvalue weighted by atomic mass is 10.2. The van der Waals surface area contributed by atoms with Crippen LogP contribution < -0.4 is 0 Å². The molecule has 0 aliphatic heterocycles. The van der Waals surface area contributed by atoms with Crippen LogP contribution in [-0.2, 0) is 0 Å². The van der Waals surface area contributed by atoms with Crippen molar-refractivity contribution in [2.45, 2.75) is 6.92 Å². The van der Waals surface area contributed by atoms with Gasteiger partial charge >= 0.3 is 5.69 Å². The van der Waals surface area contributed by atoms with E-state index in [-0.39, 0.29) is 11.5 Å². The first kappa shape index (κ1) is 8.14. The van der Waals surface area contributed by atoms with Gasteiger partial charge < -0.3 is 4.85 Å². The van der Waals surface area contributed by atoms with Crippen LogP contribution in [0.5, 0.6) is 0 Å². The van der Waals surface area contributed by atoms with Crippen molar-refractivity contribution in [2.75, 3.05) is 0 Å². The molecule has 0 N–H and O–H groups in total. The van der Waals surface area contributed by atoms with Crippen LogP contribution in [0.4, 0.5) is 11.5 Å². The summed E-state index contributed by atoms with van der Waals surface area (Å²) in [5.74, 6) is 0.179. The second-order valence-electron chi connectivity index (χ2n) is 2.20. The van der Waals surface area contributed by atoms with Crippen molar-refractivity contribution < 1.29 is 4.92 Å². The van der Waals surface area contributed by atoms with E-state index in [4.69, 9.17) is 6.57 Å². The normalized spacial score (nSPS) is 9.00. The van der Waals surface area contributed by atoms with Gasteiger partial charge in [0.05, 0.1) is 4.92 Å². The molecule has 5 heteroatoms. The Labute approximate surface area is 68.6 Å². The van der Waals surface area contributed by atoms with E-state index < -0.39 is 4.92 Å². The van der Waals surface area contributed by atoms with Gasteiger partial charge in [-0.1, -0.05) is 6.57 Å². The zero-order valence-electron chi connectivity index (χ0n) is 6.31. The molecule has 0 aliphatic rings. The fourth-order valence-electron chi connectivity index (χ4n) is 0.786. The van der Waals surface area contributed by atoms with Crippen LogP contribution >= 0.6 is 0 Å². The summed E-state index contributed by atoms with van der Waals surface area (Å²) < 4.78 is 0. The van der Waals surface area contributed by atoms with Gasteiger partial charge in [-0.2, -0.15) is 0 Å². The minimum absolute atomic E-state index is 0.0533. The van der Waals surface area contributed by atoms with Gasteiger partial charge in [-0.05, 0) is 13.0 Å². The van der Waals surface area contributed by atoms with E-state index in [0.717, 1.165) is 6.20 Å². The molecule has 1 rings (SSSR count). The Hall–Kier alpha value is -1.96. The zero-order chi connectivity index (χ0) is 9.14. The van der Waals surface area contributed by atoms with E-state index in [2.05, 4.69) is 9.83 Å². The first-order valence-electron chi connectivity index (χ1n) is 3.13. The number of aryl methyl sites for hydroxylation is 1. The molecule has 1 aromatic rings. The summed E-state index contributed by atoms with van der Waals surface area (Å²) >= 11 is 0. The lowest BCUT2D eigenvalue weighted by molar-refractivity contribution is -0.385. The van der Waals surface area contributed by atoms with Crippen molar-refractivity contribution in [3.63, 3.8) is 0 Å². The van der Waals surface area contributed by atoms with Gasteiger partial charge in [-0.3, -0.25) is 10.1 Å². The van der Waals surface area contributed by atoms with Gasteiger partial charge in [0.25, 0.3) is 5.82 Å². The fourth-order valence-corrected chi connectivity index (χ4v) is 0.786. The highest BCUT2D eigenvalue weighted by Crippen LogP contribution is 2.19. The van der Waals surface area contributed by atoms with Crippen LogP contribution in [0.2, 0.25) is 0 Å². The maximum atomic E-state index is 10.3. The number of nitrogens with zero attached hydrogens (tertiary/aromatic N) is 3. The minimum atomic E-state index is -0.518.